The third kappa shape index (κ3) is 7.50. The van der Waals surface area contributed by atoms with Crippen LogP contribution in [0.15, 0.2) is 53.1 Å². The van der Waals surface area contributed by atoms with Gasteiger partial charge in [-0.05, 0) is 45.0 Å². The normalized spacial score (nSPS) is 10.7. The molecule has 0 bridgehead atoms. The molecule has 42 heavy (non-hydrogen) atoms. The molecule has 222 valence electrons. The predicted octanol–water partition coefficient (Wildman–Crippen LogP) is 4.59. The van der Waals surface area contributed by atoms with E-state index in [1.54, 1.807) is 35.4 Å². The summed E-state index contributed by atoms with van der Waals surface area (Å²) in [6.45, 7) is 6.80. The number of ether oxygens (including phenoxy) is 4. The maximum atomic E-state index is 13.3. The number of carbonyl (C=O) groups excluding carboxylic acids is 2. The fourth-order valence-corrected chi connectivity index (χ4v) is 5.23. The number of amides is 2. The Labute approximate surface area is 251 Å². The highest BCUT2D eigenvalue weighted by Gasteiger charge is 2.22. The first-order valence-electron chi connectivity index (χ1n) is 13.2. The van der Waals surface area contributed by atoms with E-state index < -0.39 is 0 Å². The van der Waals surface area contributed by atoms with Gasteiger partial charge in [-0.15, -0.1) is 21.5 Å². The summed E-state index contributed by atoms with van der Waals surface area (Å²) in [6, 6.07) is 10.6. The van der Waals surface area contributed by atoms with Crippen LogP contribution in [-0.4, -0.2) is 64.2 Å². The fourth-order valence-electron chi connectivity index (χ4n) is 3.92. The highest BCUT2D eigenvalue weighted by atomic mass is 32.2. The van der Waals surface area contributed by atoms with Crippen LogP contribution in [0.2, 0.25) is 0 Å². The molecule has 0 spiro atoms. The summed E-state index contributed by atoms with van der Waals surface area (Å²) in [5.41, 5.74) is 0.998. The van der Waals surface area contributed by atoms with Crippen LogP contribution in [-0.2, 0) is 11.3 Å². The van der Waals surface area contributed by atoms with Gasteiger partial charge in [0, 0.05) is 17.1 Å². The lowest BCUT2D eigenvalue weighted by molar-refractivity contribution is -0.113. The molecular weight excluding hydrogens is 580 g/mol. The molecule has 0 aliphatic carbocycles. The number of benzene rings is 2. The Balaban J connectivity index is 1.58. The molecule has 0 unspecified atom stereocenters. The van der Waals surface area contributed by atoms with Gasteiger partial charge in [0.15, 0.2) is 27.6 Å². The number of nitrogens with one attached hydrogen (secondary N) is 2. The Bertz CT molecular complexity index is 1470. The lowest BCUT2D eigenvalue weighted by Crippen LogP contribution is -2.25. The quantitative estimate of drug-likeness (QED) is 0.183. The fraction of sp³-hybridized carbons (Fsp3) is 0.321. The van der Waals surface area contributed by atoms with Crippen LogP contribution in [0.3, 0.4) is 0 Å². The average Bonchev–Trinajstić information content (AvgIpc) is 3.66. The number of hydrogen-bond acceptors (Lipinski definition) is 11. The van der Waals surface area contributed by atoms with E-state index >= 15 is 0 Å². The average molecular weight is 613 g/mol. The molecule has 0 radical (unpaired) electrons. The number of methoxy groups -OCH3 is 1. The third-order valence-electron chi connectivity index (χ3n) is 5.62. The second-order valence-corrected chi connectivity index (χ2v) is 10.2. The van der Waals surface area contributed by atoms with Crippen molar-refractivity contribution >= 4 is 40.0 Å². The van der Waals surface area contributed by atoms with E-state index in [9.17, 15) is 9.59 Å². The maximum absolute atomic E-state index is 13.3. The van der Waals surface area contributed by atoms with E-state index in [1.807, 2.05) is 45.0 Å². The molecule has 2 N–H and O–H groups in total. The van der Waals surface area contributed by atoms with E-state index in [4.69, 9.17) is 18.9 Å². The first-order valence-corrected chi connectivity index (χ1v) is 15.1. The molecule has 2 aromatic carbocycles. The van der Waals surface area contributed by atoms with Gasteiger partial charge in [-0.3, -0.25) is 14.2 Å². The first kappa shape index (κ1) is 30.7. The van der Waals surface area contributed by atoms with Crippen LogP contribution in [0.4, 0.5) is 5.13 Å². The van der Waals surface area contributed by atoms with Gasteiger partial charge in [-0.2, -0.15) is 0 Å². The molecule has 2 heterocycles. The smallest absolute Gasteiger partial charge is 0.251 e. The summed E-state index contributed by atoms with van der Waals surface area (Å²) in [5.74, 6) is 1.78. The summed E-state index contributed by atoms with van der Waals surface area (Å²) in [6.07, 6.45) is 1.62. The number of aromatic nitrogens is 4. The molecule has 2 amide bonds. The summed E-state index contributed by atoms with van der Waals surface area (Å²) in [4.78, 5) is 29.9. The Kier molecular flexibility index (Phi) is 11.0. The van der Waals surface area contributed by atoms with Gasteiger partial charge in [0.2, 0.25) is 11.7 Å². The summed E-state index contributed by atoms with van der Waals surface area (Å²) >= 11 is 2.54. The van der Waals surface area contributed by atoms with Gasteiger partial charge >= 0.3 is 0 Å². The molecule has 0 atom stereocenters. The van der Waals surface area contributed by atoms with Gasteiger partial charge in [0.25, 0.3) is 5.91 Å². The minimum absolute atomic E-state index is 0.0386. The second-order valence-electron chi connectivity index (χ2n) is 8.36. The van der Waals surface area contributed by atoms with Crippen molar-refractivity contribution in [3.8, 4) is 28.7 Å². The minimum Gasteiger partial charge on any atom is -0.495 e. The monoisotopic (exact) mass is 612 g/mol. The van der Waals surface area contributed by atoms with Crippen molar-refractivity contribution in [3.63, 3.8) is 0 Å². The summed E-state index contributed by atoms with van der Waals surface area (Å²) in [7, 11) is 1.57. The summed E-state index contributed by atoms with van der Waals surface area (Å²) in [5, 5.41) is 17.1. The number of carbonyl (C=O) groups is 2. The van der Waals surface area contributed by atoms with Crippen LogP contribution >= 0.6 is 23.1 Å². The Morgan fingerprint density at radius 3 is 2.33 bits per heavy atom. The largest absolute Gasteiger partial charge is 0.495 e. The zero-order chi connectivity index (χ0) is 29.9. The van der Waals surface area contributed by atoms with Gasteiger partial charge in [-0.1, -0.05) is 23.9 Å². The third-order valence-corrected chi connectivity index (χ3v) is 7.23. The van der Waals surface area contributed by atoms with Crippen molar-refractivity contribution in [2.75, 3.05) is 38.0 Å². The molecule has 0 aliphatic rings. The highest BCUT2D eigenvalue weighted by molar-refractivity contribution is 7.99. The predicted molar refractivity (Wildman–Crippen MR) is 160 cm³/mol. The van der Waals surface area contributed by atoms with Crippen molar-refractivity contribution in [1.82, 2.24) is 25.1 Å². The number of thioether (sulfide) groups is 1. The number of hydrogen-bond donors (Lipinski definition) is 2. The molecule has 4 aromatic rings. The number of anilines is 1. The zero-order valence-electron chi connectivity index (χ0n) is 23.7. The lowest BCUT2D eigenvalue weighted by atomic mass is 10.1. The Hall–Kier alpha value is -4.30. The van der Waals surface area contributed by atoms with Gasteiger partial charge in [0.05, 0.1) is 44.9 Å². The second kappa shape index (κ2) is 15.1. The first-order chi connectivity index (χ1) is 20.5. The van der Waals surface area contributed by atoms with Crippen molar-refractivity contribution in [2.24, 2.45) is 0 Å². The van der Waals surface area contributed by atoms with Crippen LogP contribution in [0.1, 0.15) is 37.0 Å². The summed E-state index contributed by atoms with van der Waals surface area (Å²) < 4.78 is 24.6. The van der Waals surface area contributed by atoms with E-state index in [0.29, 0.717) is 70.2 Å². The van der Waals surface area contributed by atoms with Crippen molar-refractivity contribution in [1.29, 1.82) is 0 Å². The van der Waals surface area contributed by atoms with Crippen molar-refractivity contribution in [2.45, 2.75) is 32.5 Å². The van der Waals surface area contributed by atoms with Crippen LogP contribution in [0.5, 0.6) is 23.0 Å². The van der Waals surface area contributed by atoms with Crippen LogP contribution < -0.4 is 29.6 Å². The molecule has 14 heteroatoms. The molecule has 0 saturated heterocycles. The number of nitrogens with zero attached hydrogens (tertiary/aromatic N) is 4. The number of para-hydroxylation sites is 2. The van der Waals surface area contributed by atoms with E-state index in [-0.39, 0.29) is 24.1 Å². The number of rotatable bonds is 15. The SMILES string of the molecule is CCOc1cc(C(=O)NCc2nnc(SCC(=O)Nc3nccs3)n2-c2ccccc2OC)cc(OCC)c1OCC. The van der Waals surface area contributed by atoms with Gasteiger partial charge < -0.3 is 29.6 Å². The molecule has 0 aliphatic heterocycles. The standard InChI is InChI=1S/C28H32N6O6S2/c1-5-38-21-14-18(15-22(39-6-2)25(21)40-7-3)26(36)30-16-23-32-33-28(34(23)19-10-8-9-11-20(19)37-4)42-17-24(35)31-27-29-12-13-41-27/h8-15H,5-7,16-17H2,1-4H3,(H,30,36)(H,29,31,35). The van der Waals surface area contributed by atoms with Gasteiger partial charge in [0.1, 0.15) is 5.75 Å². The van der Waals surface area contributed by atoms with Crippen LogP contribution in [0.25, 0.3) is 5.69 Å². The molecule has 2 aromatic heterocycles. The highest BCUT2D eigenvalue weighted by Crippen LogP contribution is 2.39. The van der Waals surface area contributed by atoms with E-state index in [2.05, 4.69) is 25.8 Å². The molecule has 0 saturated carbocycles. The van der Waals surface area contributed by atoms with Crippen LogP contribution in [0, 0.1) is 0 Å². The topological polar surface area (TPSA) is 139 Å². The Morgan fingerprint density at radius 1 is 0.976 bits per heavy atom. The molecule has 12 nitrogen and oxygen atoms in total. The van der Waals surface area contributed by atoms with Gasteiger partial charge in [-0.25, -0.2) is 4.98 Å². The van der Waals surface area contributed by atoms with Crippen molar-refractivity contribution in [3.05, 3.63) is 59.4 Å². The molecule has 4 rings (SSSR count). The molecule has 0 fully saturated rings. The lowest BCUT2D eigenvalue weighted by Gasteiger charge is -2.17. The zero-order valence-corrected chi connectivity index (χ0v) is 25.3. The Morgan fingerprint density at radius 2 is 1.69 bits per heavy atom. The molecular formula is C28H32N6O6S2. The maximum Gasteiger partial charge on any atom is 0.251 e. The van der Waals surface area contributed by atoms with E-state index in [1.165, 1.54) is 23.1 Å². The van der Waals surface area contributed by atoms with E-state index in [0.717, 1.165) is 0 Å². The minimum atomic E-state index is -0.369. The van der Waals surface area contributed by atoms with Crippen molar-refractivity contribution < 1.29 is 28.5 Å². The number of thiazole rings is 1.